The highest BCUT2D eigenvalue weighted by atomic mass is 16.5. The van der Waals surface area contributed by atoms with Crippen LogP contribution in [0.2, 0.25) is 0 Å². The average molecular weight is 343 g/mol. The molecule has 3 atom stereocenters. The molecule has 2 saturated heterocycles. The Morgan fingerprint density at radius 2 is 1.88 bits per heavy atom. The van der Waals surface area contributed by atoms with Gasteiger partial charge in [0.1, 0.15) is 0 Å². The number of carbonyl (C=O) groups is 2. The second-order valence-corrected chi connectivity index (χ2v) is 7.73. The molecule has 25 heavy (non-hydrogen) atoms. The van der Waals surface area contributed by atoms with Crippen LogP contribution in [0.5, 0.6) is 0 Å². The van der Waals surface area contributed by atoms with Crippen LogP contribution in [0.3, 0.4) is 0 Å². The molecular weight excluding hydrogens is 318 g/mol. The van der Waals surface area contributed by atoms with Crippen LogP contribution in [0.1, 0.15) is 43.8 Å². The summed E-state index contributed by atoms with van der Waals surface area (Å²) in [6, 6.07) is 10.0. The lowest BCUT2D eigenvalue weighted by molar-refractivity contribution is -0.147. The van der Waals surface area contributed by atoms with Gasteiger partial charge < -0.3 is 14.7 Å². The van der Waals surface area contributed by atoms with E-state index in [4.69, 9.17) is 4.74 Å². The molecule has 1 amide bonds. The van der Waals surface area contributed by atoms with E-state index in [2.05, 4.69) is 0 Å². The predicted molar refractivity (Wildman–Crippen MR) is 91.8 cm³/mol. The number of hydrogen-bond acceptors (Lipinski definition) is 3. The summed E-state index contributed by atoms with van der Waals surface area (Å²) in [5, 5.41) is 9.21. The first-order chi connectivity index (χ1) is 12.1. The van der Waals surface area contributed by atoms with Crippen molar-refractivity contribution in [3.8, 4) is 0 Å². The fourth-order valence-corrected chi connectivity index (χ4v) is 4.66. The van der Waals surface area contributed by atoms with Gasteiger partial charge >= 0.3 is 5.97 Å². The Labute approximate surface area is 148 Å². The molecule has 1 aromatic rings. The summed E-state index contributed by atoms with van der Waals surface area (Å²) >= 11 is 0. The van der Waals surface area contributed by atoms with Crippen LogP contribution in [0.15, 0.2) is 30.3 Å². The number of rotatable bonds is 3. The minimum atomic E-state index is -0.676. The molecule has 2 heterocycles. The summed E-state index contributed by atoms with van der Waals surface area (Å²) in [5.74, 6) is -0.819. The van der Waals surface area contributed by atoms with E-state index in [1.54, 1.807) is 0 Å². The molecule has 1 aromatic carbocycles. The van der Waals surface area contributed by atoms with Crippen molar-refractivity contribution in [3.05, 3.63) is 35.9 Å². The van der Waals surface area contributed by atoms with E-state index in [0.717, 1.165) is 37.7 Å². The Bertz CT molecular complexity index is 651. The molecule has 0 radical (unpaired) electrons. The largest absolute Gasteiger partial charge is 0.481 e. The van der Waals surface area contributed by atoms with Gasteiger partial charge in [-0.05, 0) is 43.1 Å². The molecule has 134 valence electrons. The summed E-state index contributed by atoms with van der Waals surface area (Å²) in [4.78, 5) is 26.3. The summed E-state index contributed by atoms with van der Waals surface area (Å²) in [6.45, 7) is 2.06. The fraction of sp³-hybridized carbons (Fsp3) is 0.600. The Balaban J connectivity index is 1.43. The summed E-state index contributed by atoms with van der Waals surface area (Å²) in [7, 11) is 0. The number of carboxylic acid groups (broad SMARTS) is 1. The first-order valence-electron chi connectivity index (χ1n) is 9.29. The standard InChI is InChI=1S/C20H25NO4/c22-18(21-10-8-20(9-11-21)13-16(20)19(23)24)15-7-4-12-25-17(15)14-5-2-1-3-6-14/h1-3,5-6,15-17H,4,7-13H2,(H,23,24). The molecule has 3 fully saturated rings. The minimum absolute atomic E-state index is 0.0372. The number of likely N-dealkylation sites (tertiary alicyclic amines) is 1. The number of carbonyl (C=O) groups excluding carboxylic acids is 1. The van der Waals surface area contributed by atoms with Crippen molar-refractivity contribution >= 4 is 11.9 Å². The van der Waals surface area contributed by atoms with Crippen molar-refractivity contribution in [1.82, 2.24) is 4.90 Å². The van der Waals surface area contributed by atoms with E-state index in [1.165, 1.54) is 0 Å². The van der Waals surface area contributed by atoms with Crippen LogP contribution < -0.4 is 0 Å². The number of benzene rings is 1. The summed E-state index contributed by atoms with van der Waals surface area (Å²) < 4.78 is 5.97. The number of aliphatic carboxylic acids is 1. The number of amides is 1. The highest BCUT2D eigenvalue weighted by molar-refractivity contribution is 5.80. The monoisotopic (exact) mass is 343 g/mol. The first-order valence-corrected chi connectivity index (χ1v) is 9.29. The third-order valence-corrected chi connectivity index (χ3v) is 6.33. The van der Waals surface area contributed by atoms with Gasteiger partial charge in [-0.25, -0.2) is 0 Å². The van der Waals surface area contributed by atoms with Gasteiger partial charge in [-0.3, -0.25) is 9.59 Å². The van der Waals surface area contributed by atoms with Gasteiger partial charge in [-0.1, -0.05) is 30.3 Å². The Hall–Kier alpha value is -1.88. The molecule has 1 saturated carbocycles. The van der Waals surface area contributed by atoms with Crippen LogP contribution in [0.25, 0.3) is 0 Å². The van der Waals surface area contributed by atoms with Crippen LogP contribution in [0, 0.1) is 17.3 Å². The number of hydrogen-bond donors (Lipinski definition) is 1. The molecule has 2 aliphatic heterocycles. The number of carboxylic acids is 1. The molecule has 1 aliphatic carbocycles. The molecule has 3 unspecified atom stereocenters. The third-order valence-electron chi connectivity index (χ3n) is 6.33. The van der Waals surface area contributed by atoms with E-state index in [1.807, 2.05) is 35.2 Å². The maximum absolute atomic E-state index is 13.1. The number of ether oxygens (including phenoxy) is 1. The maximum Gasteiger partial charge on any atom is 0.307 e. The second kappa shape index (κ2) is 6.45. The Kier molecular flexibility index (Phi) is 4.28. The third kappa shape index (κ3) is 3.06. The zero-order chi connectivity index (χ0) is 17.4. The minimum Gasteiger partial charge on any atom is -0.481 e. The van der Waals surface area contributed by atoms with Gasteiger partial charge in [0.15, 0.2) is 0 Å². The van der Waals surface area contributed by atoms with Gasteiger partial charge in [-0.2, -0.15) is 0 Å². The van der Waals surface area contributed by atoms with Crippen molar-refractivity contribution in [3.63, 3.8) is 0 Å². The Morgan fingerprint density at radius 1 is 1.16 bits per heavy atom. The topological polar surface area (TPSA) is 66.8 Å². The summed E-state index contributed by atoms with van der Waals surface area (Å²) in [5.41, 5.74) is 1.03. The van der Waals surface area contributed by atoms with E-state index in [9.17, 15) is 14.7 Å². The van der Waals surface area contributed by atoms with E-state index in [0.29, 0.717) is 19.7 Å². The van der Waals surface area contributed by atoms with Gasteiger partial charge in [0, 0.05) is 19.7 Å². The maximum atomic E-state index is 13.1. The normalized spacial score (nSPS) is 30.9. The van der Waals surface area contributed by atoms with Gasteiger partial charge in [0.25, 0.3) is 0 Å². The SMILES string of the molecule is O=C(O)C1CC12CCN(C(=O)C1CCCOC1c1ccccc1)CC2. The van der Waals surface area contributed by atoms with Crippen molar-refractivity contribution in [1.29, 1.82) is 0 Å². The zero-order valence-electron chi connectivity index (χ0n) is 14.4. The van der Waals surface area contributed by atoms with Crippen LogP contribution in [-0.2, 0) is 14.3 Å². The van der Waals surface area contributed by atoms with E-state index < -0.39 is 5.97 Å². The average Bonchev–Trinajstić information content (AvgIpc) is 3.36. The lowest BCUT2D eigenvalue weighted by atomic mass is 9.86. The van der Waals surface area contributed by atoms with Crippen LogP contribution >= 0.6 is 0 Å². The molecule has 0 aromatic heterocycles. The number of nitrogens with zero attached hydrogens (tertiary/aromatic N) is 1. The van der Waals surface area contributed by atoms with Crippen molar-refractivity contribution in [2.24, 2.45) is 17.3 Å². The van der Waals surface area contributed by atoms with Crippen molar-refractivity contribution in [2.45, 2.75) is 38.2 Å². The molecule has 3 aliphatic rings. The fourth-order valence-electron chi connectivity index (χ4n) is 4.66. The van der Waals surface area contributed by atoms with Crippen LogP contribution in [-0.4, -0.2) is 41.6 Å². The lowest BCUT2D eigenvalue weighted by Crippen LogP contribution is -2.45. The molecule has 1 N–H and O–H groups in total. The molecule has 5 heteroatoms. The second-order valence-electron chi connectivity index (χ2n) is 7.73. The highest BCUT2D eigenvalue weighted by Crippen LogP contribution is 2.59. The first kappa shape index (κ1) is 16.6. The molecule has 5 nitrogen and oxygen atoms in total. The highest BCUT2D eigenvalue weighted by Gasteiger charge is 2.59. The lowest BCUT2D eigenvalue weighted by Gasteiger charge is -2.38. The van der Waals surface area contributed by atoms with Crippen molar-refractivity contribution in [2.75, 3.05) is 19.7 Å². The molecule has 1 spiro atoms. The van der Waals surface area contributed by atoms with Gasteiger partial charge in [0.2, 0.25) is 5.91 Å². The summed E-state index contributed by atoms with van der Waals surface area (Å²) in [6.07, 6.45) is 4.03. The molecule has 0 bridgehead atoms. The Morgan fingerprint density at radius 3 is 2.52 bits per heavy atom. The zero-order valence-corrected chi connectivity index (χ0v) is 14.4. The van der Waals surface area contributed by atoms with E-state index in [-0.39, 0.29) is 29.3 Å². The number of piperidine rings is 1. The molecule has 4 rings (SSSR count). The quantitative estimate of drug-likeness (QED) is 0.916. The molecular formula is C20H25NO4. The van der Waals surface area contributed by atoms with Gasteiger partial charge in [-0.15, -0.1) is 0 Å². The van der Waals surface area contributed by atoms with Gasteiger partial charge in [0.05, 0.1) is 17.9 Å². The smallest absolute Gasteiger partial charge is 0.307 e. The predicted octanol–water partition coefficient (Wildman–Crippen LogP) is 2.87. The van der Waals surface area contributed by atoms with Crippen LogP contribution in [0.4, 0.5) is 0 Å². The van der Waals surface area contributed by atoms with Crippen molar-refractivity contribution < 1.29 is 19.4 Å². The van der Waals surface area contributed by atoms with E-state index >= 15 is 0 Å².